The van der Waals surface area contributed by atoms with Crippen LogP contribution >= 0.6 is 21.8 Å². The third-order valence-corrected chi connectivity index (χ3v) is 3.92. The molecule has 1 atom stereocenters. The molecule has 1 rings (SSSR count). The Morgan fingerprint density at radius 3 is 2.80 bits per heavy atom. The van der Waals surface area contributed by atoms with Gasteiger partial charge < -0.3 is 0 Å². The van der Waals surface area contributed by atoms with Crippen LogP contribution in [0.25, 0.3) is 0 Å². The van der Waals surface area contributed by atoms with Crippen molar-refractivity contribution in [2.24, 2.45) is 0 Å². The molecule has 1 unspecified atom stereocenters. The van der Waals surface area contributed by atoms with E-state index in [0.717, 1.165) is 6.42 Å². The van der Waals surface area contributed by atoms with E-state index in [4.69, 9.17) is 0 Å². The molecule has 0 N–H and O–H groups in total. The smallest absolute Gasteiger partial charge is 0.143 e. The quantitative estimate of drug-likeness (QED) is 0.626. The molecule has 0 bridgehead atoms. The van der Waals surface area contributed by atoms with Crippen LogP contribution in [0.15, 0.2) is 10.5 Å². The minimum absolute atomic E-state index is 0.0977. The summed E-state index contributed by atoms with van der Waals surface area (Å²) in [6, 6.07) is 0. The van der Waals surface area contributed by atoms with Crippen molar-refractivity contribution in [3.05, 3.63) is 11.1 Å². The summed E-state index contributed by atoms with van der Waals surface area (Å²) in [5, 5.41) is 0. The van der Waals surface area contributed by atoms with Crippen molar-refractivity contribution in [2.75, 3.05) is 6.26 Å². The van der Waals surface area contributed by atoms with Gasteiger partial charge in [0.05, 0.1) is 0 Å². The van der Waals surface area contributed by atoms with E-state index < -0.39 is 0 Å². The van der Waals surface area contributed by atoms with Crippen molar-refractivity contribution in [2.45, 2.75) is 17.7 Å². The van der Waals surface area contributed by atoms with E-state index in [1.165, 1.54) is 9.22 Å². The lowest BCUT2D eigenvalue weighted by Gasteiger charge is -1.88. The Labute approximate surface area is 68.0 Å². The van der Waals surface area contributed by atoms with E-state index in [1.807, 2.05) is 6.20 Å². The van der Waals surface area contributed by atoms with Crippen molar-refractivity contribution in [3.8, 4) is 0 Å². The molecule has 10 heavy (non-hydrogen) atoms. The minimum atomic E-state index is 0.0977. The van der Waals surface area contributed by atoms with Gasteiger partial charge in [-0.05, 0) is 12.7 Å². The largest absolute Gasteiger partial charge is 0.238 e. The molecule has 0 aliphatic heterocycles. The van der Waals surface area contributed by atoms with Crippen LogP contribution in [0.2, 0.25) is 0 Å². The van der Waals surface area contributed by atoms with Gasteiger partial charge in [-0.1, -0.05) is 12.8 Å². The first-order chi connectivity index (χ1) is 4.74. The van der Waals surface area contributed by atoms with E-state index in [-0.39, 0.29) is 10.5 Å². The SMILES string of the molecule is C=S(C)c1ncc(CC)s1. The Morgan fingerprint density at radius 1 is 1.80 bits per heavy atom. The van der Waals surface area contributed by atoms with E-state index in [1.54, 1.807) is 11.3 Å². The summed E-state index contributed by atoms with van der Waals surface area (Å²) >= 11 is 1.78. The van der Waals surface area contributed by atoms with Gasteiger partial charge >= 0.3 is 0 Å². The lowest BCUT2D eigenvalue weighted by Crippen LogP contribution is -1.65. The maximum absolute atomic E-state index is 4.25. The average molecular weight is 173 g/mol. The fourth-order valence-electron chi connectivity index (χ4n) is 0.614. The van der Waals surface area contributed by atoms with Gasteiger partial charge in [0.2, 0.25) is 0 Å². The van der Waals surface area contributed by atoms with Crippen molar-refractivity contribution < 1.29 is 0 Å². The molecule has 0 radical (unpaired) electrons. The number of nitrogens with zero attached hydrogens (tertiary/aromatic N) is 1. The summed E-state index contributed by atoms with van der Waals surface area (Å²) in [5.41, 5.74) is 0. The van der Waals surface area contributed by atoms with E-state index in [0.29, 0.717) is 0 Å². The lowest BCUT2D eigenvalue weighted by molar-refractivity contribution is 1.15. The fraction of sp³-hybridized carbons (Fsp3) is 0.429. The van der Waals surface area contributed by atoms with Gasteiger partial charge in [-0.15, -0.1) is 21.8 Å². The molecule has 0 aliphatic carbocycles. The van der Waals surface area contributed by atoms with Crippen molar-refractivity contribution in [3.63, 3.8) is 0 Å². The monoisotopic (exact) mass is 173 g/mol. The van der Waals surface area contributed by atoms with Crippen molar-refractivity contribution in [1.82, 2.24) is 4.98 Å². The zero-order chi connectivity index (χ0) is 7.56. The number of aryl methyl sites for hydroxylation is 1. The summed E-state index contributed by atoms with van der Waals surface area (Å²) in [7, 11) is 0.0977. The summed E-state index contributed by atoms with van der Waals surface area (Å²) in [6.45, 7) is 2.15. The first-order valence-electron chi connectivity index (χ1n) is 3.14. The second-order valence-corrected chi connectivity index (χ2v) is 5.12. The molecule has 56 valence electrons. The molecule has 0 aromatic carbocycles. The molecule has 1 heterocycles. The van der Waals surface area contributed by atoms with Crippen LogP contribution in [-0.4, -0.2) is 17.1 Å². The van der Waals surface area contributed by atoms with Crippen LogP contribution in [0, 0.1) is 0 Å². The number of hydrogen-bond acceptors (Lipinski definition) is 2. The number of rotatable bonds is 2. The van der Waals surface area contributed by atoms with Gasteiger partial charge in [0, 0.05) is 11.1 Å². The van der Waals surface area contributed by atoms with E-state index in [9.17, 15) is 0 Å². The van der Waals surface area contributed by atoms with Gasteiger partial charge in [-0.3, -0.25) is 0 Å². The van der Waals surface area contributed by atoms with Crippen LogP contribution in [0.5, 0.6) is 0 Å². The maximum atomic E-state index is 4.25. The molecule has 1 aromatic rings. The first-order valence-corrected chi connectivity index (χ1v) is 5.76. The zero-order valence-electron chi connectivity index (χ0n) is 6.26. The van der Waals surface area contributed by atoms with E-state index >= 15 is 0 Å². The first kappa shape index (κ1) is 7.95. The van der Waals surface area contributed by atoms with Crippen molar-refractivity contribution >= 4 is 27.7 Å². The molecule has 0 fully saturated rings. The van der Waals surface area contributed by atoms with Gasteiger partial charge in [0.25, 0.3) is 0 Å². The molecule has 0 aliphatic rings. The lowest BCUT2D eigenvalue weighted by atomic mass is 10.4. The number of aromatic nitrogens is 1. The predicted molar refractivity (Wildman–Crippen MR) is 50.4 cm³/mol. The summed E-state index contributed by atoms with van der Waals surface area (Å²) in [4.78, 5) is 5.61. The molecular weight excluding hydrogens is 162 g/mol. The Bertz CT molecular complexity index is 240. The molecule has 0 saturated carbocycles. The third-order valence-electron chi connectivity index (χ3n) is 1.18. The predicted octanol–water partition coefficient (Wildman–Crippen LogP) is 2.40. The molecule has 0 spiro atoms. The summed E-state index contributed by atoms with van der Waals surface area (Å²) in [6.07, 6.45) is 5.14. The fourth-order valence-corrected chi connectivity index (χ4v) is 2.32. The maximum Gasteiger partial charge on any atom is 0.143 e. The van der Waals surface area contributed by atoms with Crippen LogP contribution < -0.4 is 0 Å². The highest BCUT2D eigenvalue weighted by molar-refractivity contribution is 8.14. The standard InChI is InChI=1S/C7H11NS2/c1-4-6-5-8-7(9-6)10(2)3/h5H,2,4H2,1,3H3. The second-order valence-electron chi connectivity index (χ2n) is 2.08. The normalized spacial score (nSPS) is 13.4. The van der Waals surface area contributed by atoms with Crippen LogP contribution in [0.4, 0.5) is 0 Å². The Hall–Kier alpha value is -0.150. The Balaban J connectivity index is 2.88. The molecular formula is C7H11NS2. The zero-order valence-corrected chi connectivity index (χ0v) is 7.89. The third kappa shape index (κ3) is 1.67. The minimum Gasteiger partial charge on any atom is -0.238 e. The Kier molecular flexibility index (Phi) is 2.63. The van der Waals surface area contributed by atoms with Gasteiger partial charge in [0.15, 0.2) is 0 Å². The highest BCUT2D eigenvalue weighted by Crippen LogP contribution is 2.25. The van der Waals surface area contributed by atoms with Gasteiger partial charge in [0.1, 0.15) is 4.34 Å². The number of hydrogen-bond donors (Lipinski definition) is 0. The summed E-state index contributed by atoms with van der Waals surface area (Å²) in [5.74, 6) is 3.93. The van der Waals surface area contributed by atoms with Crippen LogP contribution in [0.3, 0.4) is 0 Å². The van der Waals surface area contributed by atoms with Crippen molar-refractivity contribution in [1.29, 1.82) is 0 Å². The van der Waals surface area contributed by atoms with E-state index in [2.05, 4.69) is 24.0 Å². The Morgan fingerprint density at radius 2 is 2.50 bits per heavy atom. The van der Waals surface area contributed by atoms with Gasteiger partial charge in [-0.2, -0.15) is 0 Å². The number of thiazole rings is 1. The topological polar surface area (TPSA) is 12.9 Å². The molecule has 3 heteroatoms. The highest BCUT2D eigenvalue weighted by Gasteiger charge is 1.97. The summed E-state index contributed by atoms with van der Waals surface area (Å²) < 4.78 is 1.18. The molecule has 1 aromatic heterocycles. The molecule has 0 amide bonds. The molecule has 1 nitrogen and oxygen atoms in total. The average Bonchev–Trinajstić information content (AvgIpc) is 2.34. The highest BCUT2D eigenvalue weighted by atomic mass is 32.2. The van der Waals surface area contributed by atoms with Crippen LogP contribution in [0.1, 0.15) is 11.8 Å². The van der Waals surface area contributed by atoms with Crippen LogP contribution in [-0.2, 0) is 6.42 Å². The van der Waals surface area contributed by atoms with Gasteiger partial charge in [-0.25, -0.2) is 4.98 Å². The molecule has 0 saturated heterocycles. The second kappa shape index (κ2) is 3.30.